The molecule has 6 nitrogen and oxygen atoms in total. The fourth-order valence-corrected chi connectivity index (χ4v) is 1.73. The van der Waals surface area contributed by atoms with E-state index in [-0.39, 0.29) is 0 Å². The van der Waals surface area contributed by atoms with E-state index < -0.39 is 18.0 Å². The predicted molar refractivity (Wildman–Crippen MR) is 70.8 cm³/mol. The maximum Gasteiger partial charge on any atom is 0.326 e. The summed E-state index contributed by atoms with van der Waals surface area (Å²) in [6.45, 7) is 0. The standard InChI is InChI=1S/C11H15N3O3S/c1-18-6-4-9(10(15)16)14-11(17)13-8-3-2-5-12-7-8/h2-3,5,7,9H,4,6H2,1H3,(H,15,16)(H2,13,14,17)/t9-/m0/s1. The van der Waals surface area contributed by atoms with Crippen LogP contribution in [0.25, 0.3) is 0 Å². The van der Waals surface area contributed by atoms with Crippen molar-refractivity contribution in [3.8, 4) is 0 Å². The lowest BCUT2D eigenvalue weighted by Gasteiger charge is -2.14. The first-order valence-corrected chi connectivity index (χ1v) is 6.72. The maximum atomic E-state index is 11.6. The number of thioether (sulfide) groups is 1. The SMILES string of the molecule is CSCC[C@H](NC(=O)Nc1cccnc1)C(=O)O. The molecular weight excluding hydrogens is 254 g/mol. The highest BCUT2D eigenvalue weighted by atomic mass is 32.2. The molecule has 2 amide bonds. The van der Waals surface area contributed by atoms with Crippen molar-refractivity contribution < 1.29 is 14.7 Å². The lowest BCUT2D eigenvalue weighted by atomic mass is 10.2. The average Bonchev–Trinajstić information content (AvgIpc) is 2.35. The van der Waals surface area contributed by atoms with Gasteiger partial charge in [0.2, 0.25) is 0 Å². The normalized spacial score (nSPS) is 11.6. The van der Waals surface area contributed by atoms with Gasteiger partial charge in [0.1, 0.15) is 6.04 Å². The highest BCUT2D eigenvalue weighted by Crippen LogP contribution is 2.04. The van der Waals surface area contributed by atoms with Gasteiger partial charge in [-0.2, -0.15) is 11.8 Å². The van der Waals surface area contributed by atoms with Crippen LogP contribution >= 0.6 is 11.8 Å². The van der Waals surface area contributed by atoms with Crippen molar-refractivity contribution >= 4 is 29.4 Å². The van der Waals surface area contributed by atoms with Crippen LogP contribution < -0.4 is 10.6 Å². The van der Waals surface area contributed by atoms with Crippen LogP contribution in [-0.2, 0) is 4.79 Å². The van der Waals surface area contributed by atoms with Crippen LogP contribution in [0.5, 0.6) is 0 Å². The van der Waals surface area contributed by atoms with E-state index in [0.717, 1.165) is 0 Å². The Morgan fingerprint density at radius 2 is 2.33 bits per heavy atom. The third-order valence-electron chi connectivity index (χ3n) is 2.13. The number of rotatable bonds is 6. The Morgan fingerprint density at radius 3 is 2.89 bits per heavy atom. The topological polar surface area (TPSA) is 91.3 Å². The number of amides is 2. The molecule has 0 spiro atoms. The molecule has 0 aliphatic rings. The maximum absolute atomic E-state index is 11.6. The Hall–Kier alpha value is -1.76. The van der Waals surface area contributed by atoms with E-state index in [4.69, 9.17) is 5.11 Å². The smallest absolute Gasteiger partial charge is 0.326 e. The molecule has 0 radical (unpaired) electrons. The van der Waals surface area contributed by atoms with E-state index >= 15 is 0 Å². The number of carbonyl (C=O) groups is 2. The minimum absolute atomic E-state index is 0.386. The van der Waals surface area contributed by atoms with Gasteiger partial charge in [0, 0.05) is 6.20 Å². The Kier molecular flexibility index (Phi) is 5.99. The van der Waals surface area contributed by atoms with Gasteiger partial charge in [-0.25, -0.2) is 9.59 Å². The number of carboxylic acid groups (broad SMARTS) is 1. The number of carbonyl (C=O) groups excluding carboxylic acids is 1. The zero-order chi connectivity index (χ0) is 13.4. The Labute approximate surface area is 109 Å². The molecule has 7 heteroatoms. The molecular formula is C11H15N3O3S. The largest absolute Gasteiger partial charge is 0.480 e. The lowest BCUT2D eigenvalue weighted by Crippen LogP contribution is -2.43. The lowest BCUT2D eigenvalue weighted by molar-refractivity contribution is -0.139. The summed E-state index contributed by atoms with van der Waals surface area (Å²) >= 11 is 1.53. The first kappa shape index (κ1) is 14.3. The summed E-state index contributed by atoms with van der Waals surface area (Å²) in [6.07, 6.45) is 5.34. The quantitative estimate of drug-likeness (QED) is 0.726. The molecule has 3 N–H and O–H groups in total. The van der Waals surface area contributed by atoms with Gasteiger partial charge in [0.25, 0.3) is 0 Å². The number of anilines is 1. The second-order valence-corrected chi connectivity index (χ2v) is 4.50. The van der Waals surface area contributed by atoms with Gasteiger partial charge in [0.05, 0.1) is 11.9 Å². The Balaban J connectivity index is 2.48. The van der Waals surface area contributed by atoms with Gasteiger partial charge in [-0.05, 0) is 30.6 Å². The third-order valence-corrected chi connectivity index (χ3v) is 2.78. The number of aliphatic carboxylic acids is 1. The van der Waals surface area contributed by atoms with Gasteiger partial charge in [-0.3, -0.25) is 4.98 Å². The first-order valence-electron chi connectivity index (χ1n) is 5.32. The van der Waals surface area contributed by atoms with Crippen LogP contribution in [0.15, 0.2) is 24.5 Å². The van der Waals surface area contributed by atoms with E-state index in [9.17, 15) is 9.59 Å². The van der Waals surface area contributed by atoms with E-state index in [0.29, 0.717) is 17.9 Å². The molecule has 1 atom stereocenters. The highest BCUT2D eigenvalue weighted by molar-refractivity contribution is 7.98. The van der Waals surface area contributed by atoms with Gasteiger partial charge in [-0.15, -0.1) is 0 Å². The number of hydrogen-bond donors (Lipinski definition) is 3. The molecule has 0 unspecified atom stereocenters. The first-order chi connectivity index (χ1) is 8.63. The zero-order valence-electron chi connectivity index (χ0n) is 9.92. The van der Waals surface area contributed by atoms with Crippen molar-refractivity contribution in [2.24, 2.45) is 0 Å². The summed E-state index contributed by atoms with van der Waals surface area (Å²) in [6, 6.07) is 1.92. The van der Waals surface area contributed by atoms with Gasteiger partial charge in [0.15, 0.2) is 0 Å². The fourth-order valence-electron chi connectivity index (χ4n) is 1.26. The molecule has 0 bridgehead atoms. The summed E-state index contributed by atoms with van der Waals surface area (Å²) in [5, 5.41) is 13.9. The van der Waals surface area contributed by atoms with Gasteiger partial charge < -0.3 is 15.7 Å². The molecule has 18 heavy (non-hydrogen) atoms. The predicted octanol–water partition coefficient (Wildman–Crippen LogP) is 1.41. The fraction of sp³-hybridized carbons (Fsp3) is 0.364. The minimum atomic E-state index is -1.04. The van der Waals surface area contributed by atoms with Crippen molar-refractivity contribution in [3.05, 3.63) is 24.5 Å². The number of aromatic nitrogens is 1. The average molecular weight is 269 g/mol. The van der Waals surface area contributed by atoms with E-state index in [1.807, 2.05) is 6.26 Å². The third kappa shape index (κ3) is 5.05. The minimum Gasteiger partial charge on any atom is -0.480 e. The monoisotopic (exact) mass is 269 g/mol. The summed E-state index contributed by atoms with van der Waals surface area (Å²) in [5.41, 5.74) is 0.518. The van der Waals surface area contributed by atoms with Crippen molar-refractivity contribution in [1.82, 2.24) is 10.3 Å². The van der Waals surface area contributed by atoms with Crippen LogP contribution in [0.1, 0.15) is 6.42 Å². The van der Waals surface area contributed by atoms with Crippen LogP contribution in [-0.4, -0.2) is 40.1 Å². The molecule has 98 valence electrons. The molecule has 0 aliphatic heterocycles. The van der Waals surface area contributed by atoms with Crippen molar-refractivity contribution in [2.45, 2.75) is 12.5 Å². The van der Waals surface area contributed by atoms with Gasteiger partial charge >= 0.3 is 12.0 Å². The molecule has 1 aromatic rings. The molecule has 0 aliphatic carbocycles. The molecule has 0 aromatic carbocycles. The molecule has 0 saturated heterocycles. The Bertz CT molecular complexity index is 400. The van der Waals surface area contributed by atoms with Crippen molar-refractivity contribution in [3.63, 3.8) is 0 Å². The van der Waals surface area contributed by atoms with E-state index in [1.54, 1.807) is 18.3 Å². The van der Waals surface area contributed by atoms with Crippen LogP contribution in [0.4, 0.5) is 10.5 Å². The van der Waals surface area contributed by atoms with Gasteiger partial charge in [-0.1, -0.05) is 0 Å². The molecule has 1 aromatic heterocycles. The van der Waals surface area contributed by atoms with Crippen LogP contribution in [0.3, 0.4) is 0 Å². The summed E-state index contributed by atoms with van der Waals surface area (Å²) in [7, 11) is 0. The number of pyridine rings is 1. The van der Waals surface area contributed by atoms with Crippen LogP contribution in [0, 0.1) is 0 Å². The molecule has 1 rings (SSSR count). The highest BCUT2D eigenvalue weighted by Gasteiger charge is 2.19. The summed E-state index contributed by atoms with van der Waals surface area (Å²) in [4.78, 5) is 26.3. The number of hydrogen-bond acceptors (Lipinski definition) is 4. The second kappa shape index (κ2) is 7.54. The Morgan fingerprint density at radius 1 is 1.56 bits per heavy atom. The number of urea groups is 1. The second-order valence-electron chi connectivity index (χ2n) is 3.51. The van der Waals surface area contributed by atoms with Crippen LogP contribution in [0.2, 0.25) is 0 Å². The number of carboxylic acids is 1. The van der Waals surface area contributed by atoms with E-state index in [2.05, 4.69) is 15.6 Å². The van der Waals surface area contributed by atoms with Crippen molar-refractivity contribution in [1.29, 1.82) is 0 Å². The molecule has 1 heterocycles. The van der Waals surface area contributed by atoms with E-state index in [1.165, 1.54) is 18.0 Å². The summed E-state index contributed by atoms with van der Waals surface area (Å²) < 4.78 is 0. The zero-order valence-corrected chi connectivity index (χ0v) is 10.7. The van der Waals surface area contributed by atoms with Crippen molar-refractivity contribution in [2.75, 3.05) is 17.3 Å². The summed E-state index contributed by atoms with van der Waals surface area (Å²) in [5.74, 6) is -0.366. The molecule has 0 fully saturated rings. The number of nitrogens with zero attached hydrogens (tertiary/aromatic N) is 1. The number of nitrogens with one attached hydrogen (secondary N) is 2. The molecule has 0 saturated carbocycles.